The van der Waals surface area contributed by atoms with E-state index in [2.05, 4.69) is 43.0 Å². The van der Waals surface area contributed by atoms with Crippen LogP contribution in [0.2, 0.25) is 0 Å². The molecule has 0 aliphatic rings. The first-order chi connectivity index (χ1) is 12.7. The molecule has 0 aliphatic carbocycles. The molecular formula is C23H30ClNO2. The molecule has 0 saturated carbocycles. The summed E-state index contributed by atoms with van der Waals surface area (Å²) in [5.74, 6) is -0.287. The van der Waals surface area contributed by atoms with Crippen molar-refractivity contribution in [3.05, 3.63) is 66.2 Å². The van der Waals surface area contributed by atoms with Crippen LogP contribution < -0.4 is 0 Å². The smallest absolute Gasteiger partial charge is 0.330 e. The van der Waals surface area contributed by atoms with Gasteiger partial charge in [-0.2, -0.15) is 0 Å². The summed E-state index contributed by atoms with van der Waals surface area (Å²) in [7, 11) is 0. The maximum Gasteiger partial charge on any atom is 0.330 e. The minimum Gasteiger partial charge on any atom is -0.461 e. The Kier molecular flexibility index (Phi) is 11.2. The molecule has 0 aliphatic heterocycles. The van der Waals surface area contributed by atoms with Gasteiger partial charge in [-0.05, 0) is 48.7 Å². The molecule has 0 aromatic heterocycles. The van der Waals surface area contributed by atoms with Crippen LogP contribution in [0.4, 0.5) is 0 Å². The minimum absolute atomic E-state index is 0. The average molecular weight is 388 g/mol. The van der Waals surface area contributed by atoms with E-state index in [1.54, 1.807) is 6.08 Å². The summed E-state index contributed by atoms with van der Waals surface area (Å²) in [4.78, 5) is 14.2. The summed E-state index contributed by atoms with van der Waals surface area (Å²) in [6.45, 7) is 7.67. The average Bonchev–Trinajstić information content (AvgIpc) is 2.68. The van der Waals surface area contributed by atoms with E-state index in [-0.39, 0.29) is 18.4 Å². The van der Waals surface area contributed by atoms with Crippen LogP contribution in [0.15, 0.2) is 60.7 Å². The summed E-state index contributed by atoms with van der Waals surface area (Å²) in [6, 6.07) is 18.4. The topological polar surface area (TPSA) is 29.5 Å². The Labute approximate surface area is 169 Å². The summed E-state index contributed by atoms with van der Waals surface area (Å²) < 4.78 is 5.31. The second kappa shape index (κ2) is 13.1. The van der Waals surface area contributed by atoms with Crippen molar-refractivity contribution in [2.75, 3.05) is 26.2 Å². The Hall–Kier alpha value is -2.10. The first-order valence-electron chi connectivity index (χ1n) is 9.45. The number of hydrogen-bond donors (Lipinski definition) is 0. The Balaban J connectivity index is 0.00000364. The van der Waals surface area contributed by atoms with Crippen molar-refractivity contribution in [3.63, 3.8) is 0 Å². The minimum atomic E-state index is -0.287. The molecule has 0 atom stereocenters. The largest absolute Gasteiger partial charge is 0.461 e. The van der Waals surface area contributed by atoms with Crippen LogP contribution in [0.5, 0.6) is 0 Å². The van der Waals surface area contributed by atoms with Gasteiger partial charge in [0.1, 0.15) is 6.61 Å². The van der Waals surface area contributed by atoms with E-state index < -0.39 is 0 Å². The van der Waals surface area contributed by atoms with Crippen molar-refractivity contribution < 1.29 is 9.53 Å². The number of halogens is 1. The van der Waals surface area contributed by atoms with E-state index in [0.29, 0.717) is 6.61 Å². The van der Waals surface area contributed by atoms with Crippen molar-refractivity contribution >= 4 is 24.5 Å². The molecule has 2 rings (SSSR count). The van der Waals surface area contributed by atoms with Crippen molar-refractivity contribution in [2.45, 2.75) is 26.7 Å². The molecule has 0 unspecified atom stereocenters. The second-order valence-electron chi connectivity index (χ2n) is 6.33. The summed E-state index contributed by atoms with van der Waals surface area (Å²) >= 11 is 0. The zero-order chi connectivity index (χ0) is 18.6. The predicted octanol–water partition coefficient (Wildman–Crippen LogP) is 5.45. The molecule has 0 amide bonds. The van der Waals surface area contributed by atoms with Gasteiger partial charge in [0, 0.05) is 12.6 Å². The maximum atomic E-state index is 11.9. The highest BCUT2D eigenvalue weighted by Gasteiger charge is 2.04. The number of nitrogens with zero attached hydrogens (tertiary/aromatic N) is 1. The fraction of sp³-hybridized carbons (Fsp3) is 0.348. The molecule has 0 N–H and O–H groups in total. The lowest BCUT2D eigenvalue weighted by molar-refractivity contribution is -0.138. The van der Waals surface area contributed by atoms with Crippen molar-refractivity contribution in [3.8, 4) is 11.1 Å². The number of carbonyl (C=O) groups is 1. The van der Waals surface area contributed by atoms with Gasteiger partial charge in [-0.25, -0.2) is 4.79 Å². The fourth-order valence-electron chi connectivity index (χ4n) is 2.87. The van der Waals surface area contributed by atoms with Crippen LogP contribution in [0.1, 0.15) is 32.3 Å². The van der Waals surface area contributed by atoms with Gasteiger partial charge in [-0.1, -0.05) is 68.4 Å². The molecular weight excluding hydrogens is 358 g/mol. The molecule has 0 heterocycles. The number of hydrogen-bond acceptors (Lipinski definition) is 3. The fourth-order valence-corrected chi connectivity index (χ4v) is 2.87. The first-order valence-corrected chi connectivity index (χ1v) is 9.45. The third-order valence-electron chi connectivity index (χ3n) is 4.16. The first kappa shape index (κ1) is 22.9. The SMILES string of the molecule is CCCN(CCC)CCOC(=O)/C=C\c1ccc(-c2ccccc2)cc1.Cl. The van der Waals surface area contributed by atoms with E-state index >= 15 is 0 Å². The molecule has 2 aromatic rings. The van der Waals surface area contributed by atoms with Gasteiger partial charge in [0.05, 0.1) is 0 Å². The van der Waals surface area contributed by atoms with Crippen molar-refractivity contribution in [1.29, 1.82) is 0 Å². The highest BCUT2D eigenvalue weighted by atomic mass is 35.5. The van der Waals surface area contributed by atoms with Crippen molar-refractivity contribution in [2.24, 2.45) is 0 Å². The predicted molar refractivity (Wildman–Crippen MR) is 116 cm³/mol. The highest BCUT2D eigenvalue weighted by molar-refractivity contribution is 5.87. The molecule has 0 radical (unpaired) electrons. The number of esters is 1. The lowest BCUT2D eigenvalue weighted by atomic mass is 10.0. The number of carbonyl (C=O) groups excluding carboxylic acids is 1. The molecule has 0 saturated heterocycles. The lowest BCUT2D eigenvalue weighted by Crippen LogP contribution is -2.29. The van der Waals surface area contributed by atoms with E-state index in [0.717, 1.165) is 43.6 Å². The van der Waals surface area contributed by atoms with Crippen LogP contribution in [-0.2, 0) is 9.53 Å². The molecule has 27 heavy (non-hydrogen) atoms. The summed E-state index contributed by atoms with van der Waals surface area (Å²) in [5.41, 5.74) is 3.34. The second-order valence-corrected chi connectivity index (χ2v) is 6.33. The van der Waals surface area contributed by atoms with Gasteiger partial charge in [0.2, 0.25) is 0 Å². The standard InChI is InChI=1S/C23H29NO2.ClH/c1-3-16-24(17-4-2)18-19-26-23(25)15-12-20-10-13-22(14-11-20)21-8-6-5-7-9-21;/h5-15H,3-4,16-19H2,1-2H3;1H/b15-12-;. The summed E-state index contributed by atoms with van der Waals surface area (Å²) in [5, 5.41) is 0. The Bertz CT molecular complexity index is 677. The monoisotopic (exact) mass is 387 g/mol. The zero-order valence-electron chi connectivity index (χ0n) is 16.3. The van der Waals surface area contributed by atoms with Crippen LogP contribution >= 0.6 is 12.4 Å². The van der Waals surface area contributed by atoms with Crippen LogP contribution in [0, 0.1) is 0 Å². The van der Waals surface area contributed by atoms with Crippen LogP contribution in [-0.4, -0.2) is 37.1 Å². The molecule has 3 nitrogen and oxygen atoms in total. The van der Waals surface area contributed by atoms with Gasteiger partial charge in [0.15, 0.2) is 0 Å². The number of ether oxygens (including phenoxy) is 1. The van der Waals surface area contributed by atoms with E-state index in [1.807, 2.05) is 30.3 Å². The van der Waals surface area contributed by atoms with Crippen LogP contribution in [0.3, 0.4) is 0 Å². The molecule has 2 aromatic carbocycles. The Morgan fingerprint density at radius 3 is 2.07 bits per heavy atom. The normalized spacial score (nSPS) is 10.8. The third-order valence-corrected chi connectivity index (χ3v) is 4.16. The van der Waals surface area contributed by atoms with E-state index in [1.165, 1.54) is 11.6 Å². The van der Waals surface area contributed by atoms with E-state index in [9.17, 15) is 4.79 Å². The molecule has 0 bridgehead atoms. The molecule has 4 heteroatoms. The Morgan fingerprint density at radius 2 is 1.48 bits per heavy atom. The number of benzene rings is 2. The van der Waals surface area contributed by atoms with Gasteiger partial charge in [-0.3, -0.25) is 4.90 Å². The zero-order valence-corrected chi connectivity index (χ0v) is 17.1. The molecule has 0 spiro atoms. The van der Waals surface area contributed by atoms with Gasteiger partial charge in [0.25, 0.3) is 0 Å². The molecule has 0 fully saturated rings. The van der Waals surface area contributed by atoms with Crippen LogP contribution in [0.25, 0.3) is 17.2 Å². The third kappa shape index (κ3) is 8.42. The van der Waals surface area contributed by atoms with Gasteiger partial charge < -0.3 is 4.74 Å². The maximum absolute atomic E-state index is 11.9. The van der Waals surface area contributed by atoms with Crippen molar-refractivity contribution in [1.82, 2.24) is 4.90 Å². The highest BCUT2D eigenvalue weighted by Crippen LogP contribution is 2.19. The van der Waals surface area contributed by atoms with Gasteiger partial charge >= 0.3 is 5.97 Å². The summed E-state index contributed by atoms with van der Waals surface area (Å²) in [6.07, 6.45) is 5.54. The Morgan fingerprint density at radius 1 is 0.889 bits per heavy atom. The van der Waals surface area contributed by atoms with E-state index in [4.69, 9.17) is 4.74 Å². The number of rotatable bonds is 10. The molecule has 146 valence electrons. The van der Waals surface area contributed by atoms with Gasteiger partial charge in [-0.15, -0.1) is 12.4 Å². The quantitative estimate of drug-likeness (QED) is 0.400. The lowest BCUT2D eigenvalue weighted by Gasteiger charge is -2.20.